The number of ether oxygens (including phenoxy) is 1. The molecule has 19 heavy (non-hydrogen) atoms. The smallest absolute Gasteiger partial charge is 0.180 e. The van der Waals surface area contributed by atoms with E-state index in [0.29, 0.717) is 19.7 Å². The lowest BCUT2D eigenvalue weighted by Crippen LogP contribution is -2.44. The van der Waals surface area contributed by atoms with Crippen molar-refractivity contribution >= 4 is 5.78 Å². The third-order valence-electron chi connectivity index (χ3n) is 2.92. The number of phenolic OH excluding ortho intramolecular Hbond substituents is 1. The van der Waals surface area contributed by atoms with E-state index in [0.717, 1.165) is 18.2 Å². The highest BCUT2D eigenvalue weighted by Gasteiger charge is 2.23. The average Bonchev–Trinajstić information content (AvgIpc) is 2.41. The first kappa shape index (κ1) is 13.5. The summed E-state index contributed by atoms with van der Waals surface area (Å²) in [5.41, 5.74) is -0.0417. The minimum atomic E-state index is -0.571. The molecule has 1 aliphatic heterocycles. The SMILES string of the molecule is N#CC1CN(CC(=O)c2cc(F)ccc2O)CCO1. The van der Waals surface area contributed by atoms with Crippen LogP contribution in [0, 0.1) is 17.1 Å². The molecular weight excluding hydrogens is 251 g/mol. The van der Waals surface area contributed by atoms with Crippen molar-refractivity contribution in [3.05, 3.63) is 29.6 Å². The fourth-order valence-corrected chi connectivity index (χ4v) is 1.94. The molecule has 0 spiro atoms. The Morgan fingerprint density at radius 2 is 2.42 bits per heavy atom. The zero-order valence-corrected chi connectivity index (χ0v) is 10.2. The molecular formula is C13H13FN2O3. The molecule has 0 amide bonds. The van der Waals surface area contributed by atoms with Crippen molar-refractivity contribution in [2.45, 2.75) is 6.10 Å². The zero-order chi connectivity index (χ0) is 13.8. The van der Waals surface area contributed by atoms with Crippen molar-refractivity contribution in [3.63, 3.8) is 0 Å². The summed E-state index contributed by atoms with van der Waals surface area (Å²) in [6.07, 6.45) is -0.553. The second-order valence-electron chi connectivity index (χ2n) is 4.31. The summed E-state index contributed by atoms with van der Waals surface area (Å²) in [5.74, 6) is -1.19. The summed E-state index contributed by atoms with van der Waals surface area (Å²) in [4.78, 5) is 13.7. The third kappa shape index (κ3) is 3.28. The number of phenols is 1. The van der Waals surface area contributed by atoms with Gasteiger partial charge in [-0.3, -0.25) is 9.69 Å². The van der Waals surface area contributed by atoms with Crippen molar-refractivity contribution < 1.29 is 19.0 Å². The fraction of sp³-hybridized carbons (Fsp3) is 0.385. The molecule has 1 atom stereocenters. The van der Waals surface area contributed by atoms with Crippen LogP contribution in [0.3, 0.4) is 0 Å². The number of rotatable bonds is 3. The summed E-state index contributed by atoms with van der Waals surface area (Å²) in [6.45, 7) is 1.26. The Balaban J connectivity index is 2.05. The van der Waals surface area contributed by atoms with Gasteiger partial charge >= 0.3 is 0 Å². The van der Waals surface area contributed by atoms with E-state index in [1.807, 2.05) is 6.07 Å². The van der Waals surface area contributed by atoms with Gasteiger partial charge in [0.05, 0.1) is 24.8 Å². The van der Waals surface area contributed by atoms with Gasteiger partial charge in [0.2, 0.25) is 0 Å². The van der Waals surface area contributed by atoms with Gasteiger partial charge in [0, 0.05) is 13.1 Å². The molecule has 100 valence electrons. The van der Waals surface area contributed by atoms with Gasteiger partial charge < -0.3 is 9.84 Å². The van der Waals surface area contributed by atoms with Crippen LogP contribution in [0.5, 0.6) is 5.75 Å². The molecule has 0 bridgehead atoms. The van der Waals surface area contributed by atoms with Crippen LogP contribution in [0.1, 0.15) is 10.4 Å². The topological polar surface area (TPSA) is 73.6 Å². The highest BCUT2D eigenvalue weighted by Crippen LogP contribution is 2.19. The number of carbonyl (C=O) groups excluding carboxylic acids is 1. The molecule has 2 rings (SSSR count). The van der Waals surface area contributed by atoms with Crippen LogP contribution in [0.2, 0.25) is 0 Å². The van der Waals surface area contributed by atoms with Gasteiger partial charge in [-0.25, -0.2) is 4.39 Å². The van der Waals surface area contributed by atoms with Crippen LogP contribution in [0.15, 0.2) is 18.2 Å². The summed E-state index contributed by atoms with van der Waals surface area (Å²) in [7, 11) is 0. The molecule has 1 fully saturated rings. The van der Waals surface area contributed by atoms with Gasteiger partial charge in [-0.1, -0.05) is 0 Å². The molecule has 1 aliphatic rings. The zero-order valence-electron chi connectivity index (χ0n) is 10.2. The van der Waals surface area contributed by atoms with Gasteiger partial charge in [0.1, 0.15) is 11.6 Å². The molecule has 1 aromatic carbocycles. The highest BCUT2D eigenvalue weighted by molar-refractivity contribution is 6.00. The predicted molar refractivity (Wildman–Crippen MR) is 64.2 cm³/mol. The number of aromatic hydroxyl groups is 1. The van der Waals surface area contributed by atoms with E-state index in [4.69, 9.17) is 10.00 Å². The number of ketones is 1. The molecule has 1 unspecified atom stereocenters. The highest BCUT2D eigenvalue weighted by atomic mass is 19.1. The summed E-state index contributed by atoms with van der Waals surface area (Å²) >= 11 is 0. The van der Waals surface area contributed by atoms with Gasteiger partial charge in [-0.15, -0.1) is 0 Å². The van der Waals surface area contributed by atoms with E-state index in [-0.39, 0.29) is 23.6 Å². The monoisotopic (exact) mass is 264 g/mol. The molecule has 0 saturated carbocycles. The average molecular weight is 264 g/mol. The molecule has 0 aromatic heterocycles. The maximum atomic E-state index is 13.1. The Morgan fingerprint density at radius 1 is 1.63 bits per heavy atom. The number of carbonyl (C=O) groups is 1. The Labute approximate surface area is 109 Å². The van der Waals surface area contributed by atoms with Gasteiger partial charge in [-0.05, 0) is 18.2 Å². The van der Waals surface area contributed by atoms with Gasteiger partial charge in [-0.2, -0.15) is 5.26 Å². The molecule has 1 N–H and O–H groups in total. The molecule has 6 heteroatoms. The van der Waals surface area contributed by atoms with Crippen LogP contribution in [0.4, 0.5) is 4.39 Å². The van der Waals surface area contributed by atoms with Gasteiger partial charge in [0.15, 0.2) is 11.9 Å². The predicted octanol–water partition coefficient (Wildman–Crippen LogP) is 0.938. The Morgan fingerprint density at radius 3 is 3.16 bits per heavy atom. The molecule has 0 aliphatic carbocycles. The van der Waals surface area contributed by atoms with Gasteiger partial charge in [0.25, 0.3) is 0 Å². The first-order valence-corrected chi connectivity index (χ1v) is 5.85. The third-order valence-corrected chi connectivity index (χ3v) is 2.92. The maximum Gasteiger partial charge on any atom is 0.180 e. The quantitative estimate of drug-likeness (QED) is 0.822. The maximum absolute atomic E-state index is 13.1. The number of nitrogens with zero attached hydrogens (tertiary/aromatic N) is 2. The Hall–Kier alpha value is -1.97. The first-order valence-electron chi connectivity index (χ1n) is 5.85. The molecule has 1 heterocycles. The Kier molecular flexibility index (Phi) is 4.10. The lowest BCUT2D eigenvalue weighted by Gasteiger charge is -2.28. The van der Waals surface area contributed by atoms with Crippen molar-refractivity contribution in [2.24, 2.45) is 0 Å². The minimum absolute atomic E-state index is 0.0263. The van der Waals surface area contributed by atoms with E-state index in [9.17, 15) is 14.3 Å². The first-order chi connectivity index (χ1) is 9.10. The minimum Gasteiger partial charge on any atom is -0.507 e. The number of Topliss-reactive ketones (excluding diaryl/α,β-unsaturated/α-hetero) is 1. The normalized spacial score (nSPS) is 19.9. The molecule has 5 nitrogen and oxygen atoms in total. The lowest BCUT2D eigenvalue weighted by atomic mass is 10.1. The number of hydrogen-bond donors (Lipinski definition) is 1. The van der Waals surface area contributed by atoms with E-state index >= 15 is 0 Å². The molecule has 1 aromatic rings. The van der Waals surface area contributed by atoms with E-state index in [1.165, 1.54) is 0 Å². The van der Waals surface area contributed by atoms with Crippen LogP contribution in [-0.2, 0) is 4.74 Å². The van der Waals surface area contributed by atoms with Crippen molar-refractivity contribution in [1.82, 2.24) is 4.90 Å². The van der Waals surface area contributed by atoms with Crippen LogP contribution >= 0.6 is 0 Å². The summed E-state index contributed by atoms with van der Waals surface area (Å²) in [5, 5.41) is 18.3. The number of benzene rings is 1. The van der Waals surface area contributed by atoms with Crippen molar-refractivity contribution in [2.75, 3.05) is 26.2 Å². The molecule has 0 radical (unpaired) electrons. The molecule has 1 saturated heterocycles. The van der Waals surface area contributed by atoms with Crippen LogP contribution in [0.25, 0.3) is 0 Å². The second-order valence-corrected chi connectivity index (χ2v) is 4.31. The summed E-state index contributed by atoms with van der Waals surface area (Å²) in [6, 6.07) is 5.24. The number of morpholine rings is 1. The van der Waals surface area contributed by atoms with E-state index in [2.05, 4.69) is 0 Å². The number of hydrogen-bond acceptors (Lipinski definition) is 5. The van der Waals surface area contributed by atoms with E-state index in [1.54, 1.807) is 4.90 Å². The van der Waals surface area contributed by atoms with Crippen LogP contribution < -0.4 is 0 Å². The number of nitriles is 1. The van der Waals surface area contributed by atoms with E-state index < -0.39 is 11.9 Å². The summed E-state index contributed by atoms with van der Waals surface area (Å²) < 4.78 is 18.2. The largest absolute Gasteiger partial charge is 0.507 e. The standard InChI is InChI=1S/C13H13FN2O3/c14-9-1-2-12(17)11(5-9)13(18)8-16-3-4-19-10(6-15)7-16/h1-2,5,10,17H,3-4,7-8H2. The van der Waals surface area contributed by atoms with Crippen molar-refractivity contribution in [1.29, 1.82) is 5.26 Å². The van der Waals surface area contributed by atoms with Crippen molar-refractivity contribution in [3.8, 4) is 11.8 Å². The van der Waals surface area contributed by atoms with Crippen LogP contribution in [-0.4, -0.2) is 48.1 Å². The lowest BCUT2D eigenvalue weighted by molar-refractivity contribution is 0.00238. The Bertz CT molecular complexity index is 527. The second kappa shape index (κ2) is 5.78. The fourth-order valence-electron chi connectivity index (χ4n) is 1.94. The number of halogens is 1.